The molecule has 3 unspecified atom stereocenters. The van der Waals surface area contributed by atoms with Crippen molar-refractivity contribution in [2.45, 2.75) is 45.6 Å². The van der Waals surface area contributed by atoms with E-state index in [2.05, 4.69) is 11.9 Å². The second-order valence-electron chi connectivity index (χ2n) is 7.15. The number of aliphatic hydroxyl groups is 1. The molecule has 2 saturated carbocycles. The van der Waals surface area contributed by atoms with Crippen LogP contribution in [-0.2, 0) is 0 Å². The van der Waals surface area contributed by atoms with Crippen molar-refractivity contribution in [1.82, 2.24) is 0 Å². The summed E-state index contributed by atoms with van der Waals surface area (Å²) in [7, 11) is 2.07. The van der Waals surface area contributed by atoms with Gasteiger partial charge in [0.15, 0.2) is 0 Å². The molecule has 1 N–H and O–H groups in total. The normalized spacial score (nSPS) is 28.9. The molecule has 21 heavy (non-hydrogen) atoms. The minimum Gasteiger partial charge on any atom is -0.389 e. The summed E-state index contributed by atoms with van der Waals surface area (Å²) in [6.45, 7) is 4.51. The highest BCUT2D eigenvalue weighted by molar-refractivity contribution is 5.56. The minimum atomic E-state index is -0.641. The van der Waals surface area contributed by atoms with Gasteiger partial charge in [0, 0.05) is 24.8 Å². The van der Waals surface area contributed by atoms with E-state index in [1.807, 2.05) is 6.07 Å². The van der Waals surface area contributed by atoms with Crippen molar-refractivity contribution in [3.63, 3.8) is 0 Å². The highest BCUT2D eigenvalue weighted by Gasteiger charge is 2.39. The molecule has 2 nitrogen and oxygen atoms in total. The van der Waals surface area contributed by atoms with Crippen LogP contribution in [0.4, 0.5) is 10.1 Å². The molecule has 2 bridgehead atoms. The van der Waals surface area contributed by atoms with Gasteiger partial charge in [-0.25, -0.2) is 4.39 Å². The molecule has 2 fully saturated rings. The van der Waals surface area contributed by atoms with E-state index in [0.717, 1.165) is 30.0 Å². The number of hydrogen-bond donors (Lipinski definition) is 1. The lowest BCUT2D eigenvalue weighted by Gasteiger charge is -2.30. The maximum absolute atomic E-state index is 13.8. The van der Waals surface area contributed by atoms with Gasteiger partial charge in [0.1, 0.15) is 5.82 Å². The van der Waals surface area contributed by atoms with Crippen LogP contribution < -0.4 is 4.90 Å². The molecule has 116 valence electrons. The predicted molar refractivity (Wildman–Crippen MR) is 84.0 cm³/mol. The van der Waals surface area contributed by atoms with Crippen LogP contribution in [0.15, 0.2) is 12.1 Å². The molecule has 1 aromatic rings. The SMILES string of the molecule is Cc1cc(N(C)CC2CC3CCC2C3)c([C@H](C)O)cc1F. The lowest BCUT2D eigenvalue weighted by molar-refractivity contribution is 0.199. The Morgan fingerprint density at radius 2 is 2.10 bits per heavy atom. The smallest absolute Gasteiger partial charge is 0.126 e. The van der Waals surface area contributed by atoms with Gasteiger partial charge in [-0.3, -0.25) is 0 Å². The number of fused-ring (bicyclic) bond motifs is 2. The van der Waals surface area contributed by atoms with E-state index < -0.39 is 6.10 Å². The van der Waals surface area contributed by atoms with E-state index in [4.69, 9.17) is 0 Å². The zero-order chi connectivity index (χ0) is 15.1. The number of aryl methyl sites for hydroxylation is 1. The van der Waals surface area contributed by atoms with Gasteiger partial charge in [-0.1, -0.05) is 6.42 Å². The van der Waals surface area contributed by atoms with Crippen LogP contribution in [-0.4, -0.2) is 18.7 Å². The average molecular weight is 291 g/mol. The zero-order valence-electron chi connectivity index (χ0n) is 13.3. The predicted octanol–water partition coefficient (Wildman–Crippen LogP) is 4.06. The van der Waals surface area contributed by atoms with Gasteiger partial charge >= 0.3 is 0 Å². The molecule has 2 aliphatic rings. The van der Waals surface area contributed by atoms with E-state index in [1.165, 1.54) is 31.7 Å². The monoisotopic (exact) mass is 291 g/mol. The van der Waals surface area contributed by atoms with Crippen molar-refractivity contribution in [2.24, 2.45) is 17.8 Å². The molecule has 0 saturated heterocycles. The van der Waals surface area contributed by atoms with Crippen molar-refractivity contribution in [2.75, 3.05) is 18.5 Å². The van der Waals surface area contributed by atoms with Crippen LogP contribution in [0.3, 0.4) is 0 Å². The molecule has 3 rings (SSSR count). The van der Waals surface area contributed by atoms with Gasteiger partial charge in [0.25, 0.3) is 0 Å². The van der Waals surface area contributed by atoms with Crippen molar-refractivity contribution in [3.05, 3.63) is 29.1 Å². The fourth-order valence-corrected chi connectivity index (χ4v) is 4.40. The Morgan fingerprint density at radius 3 is 2.67 bits per heavy atom. The summed E-state index contributed by atoms with van der Waals surface area (Å²) in [5.41, 5.74) is 2.32. The number of benzene rings is 1. The maximum Gasteiger partial charge on any atom is 0.126 e. The first-order chi connectivity index (χ1) is 9.95. The lowest BCUT2D eigenvalue weighted by atomic mass is 9.88. The molecule has 0 aliphatic heterocycles. The Kier molecular flexibility index (Phi) is 3.96. The fraction of sp³-hybridized carbons (Fsp3) is 0.667. The highest BCUT2D eigenvalue weighted by atomic mass is 19.1. The molecule has 0 radical (unpaired) electrons. The summed E-state index contributed by atoms with van der Waals surface area (Å²) in [5, 5.41) is 9.94. The number of hydrogen-bond acceptors (Lipinski definition) is 2. The summed E-state index contributed by atoms with van der Waals surface area (Å²) in [6, 6.07) is 3.37. The third-order valence-electron chi connectivity index (χ3n) is 5.56. The molecule has 0 heterocycles. The van der Waals surface area contributed by atoms with Crippen LogP contribution in [0, 0.1) is 30.5 Å². The topological polar surface area (TPSA) is 23.5 Å². The third-order valence-corrected chi connectivity index (χ3v) is 5.56. The van der Waals surface area contributed by atoms with Crippen molar-refractivity contribution < 1.29 is 9.50 Å². The van der Waals surface area contributed by atoms with E-state index in [-0.39, 0.29) is 5.82 Å². The van der Waals surface area contributed by atoms with E-state index in [1.54, 1.807) is 13.8 Å². The van der Waals surface area contributed by atoms with Crippen molar-refractivity contribution >= 4 is 5.69 Å². The first kappa shape index (κ1) is 14.8. The van der Waals surface area contributed by atoms with Crippen molar-refractivity contribution in [1.29, 1.82) is 0 Å². The number of halogens is 1. The Hall–Kier alpha value is -1.09. The maximum atomic E-state index is 13.8. The van der Waals surface area contributed by atoms with Crippen LogP contribution in [0.25, 0.3) is 0 Å². The average Bonchev–Trinajstić information content (AvgIpc) is 3.03. The summed E-state index contributed by atoms with van der Waals surface area (Å²) < 4.78 is 13.8. The number of anilines is 1. The second kappa shape index (κ2) is 5.60. The van der Waals surface area contributed by atoms with Gasteiger partial charge in [0.2, 0.25) is 0 Å². The Balaban J connectivity index is 1.80. The number of nitrogens with zero attached hydrogens (tertiary/aromatic N) is 1. The van der Waals surface area contributed by atoms with Crippen LogP contribution in [0.2, 0.25) is 0 Å². The van der Waals surface area contributed by atoms with Gasteiger partial charge < -0.3 is 10.0 Å². The number of aliphatic hydroxyl groups excluding tert-OH is 1. The first-order valence-corrected chi connectivity index (χ1v) is 8.15. The van der Waals surface area contributed by atoms with E-state index in [0.29, 0.717) is 11.1 Å². The Labute approximate surface area is 127 Å². The van der Waals surface area contributed by atoms with Crippen LogP contribution in [0.5, 0.6) is 0 Å². The van der Waals surface area contributed by atoms with Gasteiger partial charge in [-0.2, -0.15) is 0 Å². The number of rotatable bonds is 4. The lowest BCUT2D eigenvalue weighted by Crippen LogP contribution is -2.29. The van der Waals surface area contributed by atoms with Gasteiger partial charge in [0.05, 0.1) is 6.10 Å². The van der Waals surface area contributed by atoms with Gasteiger partial charge in [-0.15, -0.1) is 0 Å². The third kappa shape index (κ3) is 2.80. The quantitative estimate of drug-likeness (QED) is 0.904. The molecule has 3 heteroatoms. The summed E-state index contributed by atoms with van der Waals surface area (Å²) in [4.78, 5) is 2.22. The molecule has 1 aromatic carbocycles. The summed E-state index contributed by atoms with van der Waals surface area (Å²) in [6.07, 6.45) is 4.91. The largest absolute Gasteiger partial charge is 0.389 e. The second-order valence-corrected chi connectivity index (χ2v) is 7.15. The van der Waals surface area contributed by atoms with Crippen LogP contribution in [0.1, 0.15) is 49.8 Å². The minimum absolute atomic E-state index is 0.233. The zero-order valence-corrected chi connectivity index (χ0v) is 13.3. The van der Waals surface area contributed by atoms with Gasteiger partial charge in [-0.05, 0) is 68.6 Å². The van der Waals surface area contributed by atoms with E-state index >= 15 is 0 Å². The van der Waals surface area contributed by atoms with Crippen LogP contribution >= 0.6 is 0 Å². The standard InChI is InChI=1S/C18H26FNO/c1-11-6-18(16(12(2)21)9-17(11)19)20(3)10-15-8-13-4-5-14(15)7-13/h6,9,12-15,21H,4-5,7-8,10H2,1-3H3/t12-,13?,14?,15?/m0/s1. The molecule has 0 aromatic heterocycles. The Bertz CT molecular complexity index is 528. The highest BCUT2D eigenvalue weighted by Crippen LogP contribution is 2.48. The molecular formula is C18H26FNO. The summed E-state index contributed by atoms with van der Waals surface area (Å²) in [5.74, 6) is 2.36. The molecule has 0 spiro atoms. The van der Waals surface area contributed by atoms with E-state index in [9.17, 15) is 9.50 Å². The fourth-order valence-electron chi connectivity index (χ4n) is 4.40. The molecule has 2 aliphatic carbocycles. The molecule has 4 atom stereocenters. The van der Waals surface area contributed by atoms with Crippen molar-refractivity contribution in [3.8, 4) is 0 Å². The molecular weight excluding hydrogens is 265 g/mol. The Morgan fingerprint density at radius 1 is 1.33 bits per heavy atom. The summed E-state index contributed by atoms with van der Waals surface area (Å²) >= 11 is 0. The molecule has 0 amide bonds. The first-order valence-electron chi connectivity index (χ1n) is 8.15.